The van der Waals surface area contributed by atoms with Crippen LogP contribution < -0.4 is 16.4 Å². The molecule has 0 radical (unpaired) electrons. The van der Waals surface area contributed by atoms with E-state index in [0.29, 0.717) is 17.8 Å². The van der Waals surface area contributed by atoms with Crippen molar-refractivity contribution in [3.63, 3.8) is 0 Å². The van der Waals surface area contributed by atoms with Crippen molar-refractivity contribution in [1.82, 2.24) is 5.32 Å². The zero-order valence-corrected chi connectivity index (χ0v) is 8.71. The third-order valence-electron chi connectivity index (χ3n) is 1.98. The second-order valence-corrected chi connectivity index (χ2v) is 3.05. The van der Waals surface area contributed by atoms with E-state index in [1.165, 1.54) is 0 Å². The van der Waals surface area contributed by atoms with E-state index in [4.69, 9.17) is 5.73 Å². The Hall–Kier alpha value is -1.97. The first-order valence-electron chi connectivity index (χ1n) is 4.65. The number of hydrogen-bond donors (Lipinski definition) is 3. The van der Waals surface area contributed by atoms with Crippen LogP contribution in [0.1, 0.15) is 10.4 Å². The molecule has 4 heteroatoms. The summed E-state index contributed by atoms with van der Waals surface area (Å²) in [5.74, 6) is -0.142. The lowest BCUT2D eigenvalue weighted by atomic mass is 10.1. The molecule has 0 aliphatic heterocycles. The Morgan fingerprint density at radius 1 is 1.60 bits per heavy atom. The second kappa shape index (κ2) is 5.05. The highest BCUT2D eigenvalue weighted by atomic mass is 16.1. The van der Waals surface area contributed by atoms with E-state index in [-0.39, 0.29) is 5.91 Å². The fourth-order valence-electron chi connectivity index (χ4n) is 1.19. The first-order valence-corrected chi connectivity index (χ1v) is 4.65. The van der Waals surface area contributed by atoms with Crippen molar-refractivity contribution in [1.29, 1.82) is 0 Å². The van der Waals surface area contributed by atoms with Crippen molar-refractivity contribution in [2.75, 3.05) is 24.6 Å². The van der Waals surface area contributed by atoms with Crippen LogP contribution in [0.4, 0.5) is 11.4 Å². The normalized spacial score (nSPS) is 9.40. The van der Waals surface area contributed by atoms with Crippen LogP contribution >= 0.6 is 0 Å². The number of anilines is 2. The highest BCUT2D eigenvalue weighted by molar-refractivity contribution is 5.95. The Kier molecular flexibility index (Phi) is 3.74. The van der Waals surface area contributed by atoms with Crippen molar-refractivity contribution in [2.24, 2.45) is 0 Å². The van der Waals surface area contributed by atoms with Crippen LogP contribution in [0.3, 0.4) is 0 Å². The maximum absolute atomic E-state index is 11.3. The molecule has 0 unspecified atom stereocenters. The maximum Gasteiger partial charge on any atom is 0.251 e. The fourth-order valence-corrected chi connectivity index (χ4v) is 1.19. The van der Waals surface area contributed by atoms with Gasteiger partial charge in [0.05, 0.1) is 11.4 Å². The number of nitrogens with two attached hydrogens (primary N) is 1. The summed E-state index contributed by atoms with van der Waals surface area (Å²) in [6.45, 7) is 4.24. The van der Waals surface area contributed by atoms with E-state index in [0.717, 1.165) is 5.69 Å². The topological polar surface area (TPSA) is 67.2 Å². The highest BCUT2D eigenvalue weighted by Crippen LogP contribution is 2.19. The third-order valence-corrected chi connectivity index (χ3v) is 1.98. The van der Waals surface area contributed by atoms with E-state index >= 15 is 0 Å². The summed E-state index contributed by atoms with van der Waals surface area (Å²) < 4.78 is 0. The van der Waals surface area contributed by atoms with Crippen LogP contribution in [0, 0.1) is 0 Å². The summed E-state index contributed by atoms with van der Waals surface area (Å²) in [6, 6.07) is 5.15. The van der Waals surface area contributed by atoms with Crippen molar-refractivity contribution in [2.45, 2.75) is 0 Å². The molecule has 0 fully saturated rings. The monoisotopic (exact) mass is 205 g/mol. The minimum absolute atomic E-state index is 0.142. The van der Waals surface area contributed by atoms with E-state index < -0.39 is 0 Å². The van der Waals surface area contributed by atoms with Crippen LogP contribution in [0.5, 0.6) is 0 Å². The Morgan fingerprint density at radius 3 is 2.87 bits per heavy atom. The summed E-state index contributed by atoms with van der Waals surface area (Å²) in [7, 11) is 1.59. The average molecular weight is 205 g/mol. The molecule has 1 aromatic rings. The van der Waals surface area contributed by atoms with E-state index in [9.17, 15) is 4.79 Å². The summed E-state index contributed by atoms with van der Waals surface area (Å²) in [5.41, 5.74) is 7.69. The molecule has 0 saturated carbocycles. The quantitative estimate of drug-likeness (QED) is 0.511. The molecular formula is C11H15N3O. The molecule has 4 nitrogen and oxygen atoms in total. The molecular weight excluding hydrogens is 190 g/mol. The smallest absolute Gasteiger partial charge is 0.251 e. The number of amides is 1. The van der Waals surface area contributed by atoms with Crippen molar-refractivity contribution >= 4 is 17.3 Å². The number of rotatable bonds is 4. The maximum atomic E-state index is 11.3. The average Bonchev–Trinajstić information content (AvgIpc) is 2.26. The van der Waals surface area contributed by atoms with Gasteiger partial charge in [-0.05, 0) is 18.2 Å². The van der Waals surface area contributed by atoms with Gasteiger partial charge in [0, 0.05) is 19.2 Å². The summed E-state index contributed by atoms with van der Waals surface area (Å²) in [6.07, 6.45) is 1.74. The van der Waals surface area contributed by atoms with Crippen LogP contribution in [0.15, 0.2) is 30.9 Å². The molecule has 1 rings (SSSR count). The first-order chi connectivity index (χ1) is 7.19. The Morgan fingerprint density at radius 2 is 2.33 bits per heavy atom. The molecule has 1 amide bonds. The van der Waals surface area contributed by atoms with Gasteiger partial charge in [0.2, 0.25) is 0 Å². The summed E-state index contributed by atoms with van der Waals surface area (Å²) >= 11 is 0. The van der Waals surface area contributed by atoms with E-state index in [1.54, 1.807) is 31.3 Å². The molecule has 15 heavy (non-hydrogen) atoms. The van der Waals surface area contributed by atoms with Gasteiger partial charge in [-0.3, -0.25) is 4.79 Å². The fraction of sp³-hybridized carbons (Fsp3) is 0.182. The Balaban J connectivity index is 2.87. The van der Waals surface area contributed by atoms with Gasteiger partial charge in [-0.25, -0.2) is 0 Å². The molecule has 1 aromatic carbocycles. The van der Waals surface area contributed by atoms with Gasteiger partial charge in [-0.1, -0.05) is 6.08 Å². The number of nitrogen functional groups attached to an aromatic ring is 1. The SMILES string of the molecule is C=CCNc1ccc(C(=O)NC)cc1N. The van der Waals surface area contributed by atoms with Crippen molar-refractivity contribution in [3.05, 3.63) is 36.4 Å². The molecule has 4 N–H and O–H groups in total. The number of hydrogen-bond acceptors (Lipinski definition) is 3. The van der Waals surface area contributed by atoms with Gasteiger partial charge >= 0.3 is 0 Å². The van der Waals surface area contributed by atoms with Gasteiger partial charge in [-0.15, -0.1) is 6.58 Å². The first kappa shape index (κ1) is 11.1. The summed E-state index contributed by atoms with van der Waals surface area (Å²) in [4.78, 5) is 11.3. The molecule has 0 atom stereocenters. The number of nitrogens with one attached hydrogen (secondary N) is 2. The van der Waals surface area contributed by atoms with Gasteiger partial charge in [0.1, 0.15) is 0 Å². The highest BCUT2D eigenvalue weighted by Gasteiger charge is 2.05. The molecule has 0 aromatic heterocycles. The number of benzene rings is 1. The largest absolute Gasteiger partial charge is 0.397 e. The molecule has 80 valence electrons. The Bertz CT molecular complexity index is 374. The Labute approximate surface area is 89.2 Å². The lowest BCUT2D eigenvalue weighted by Gasteiger charge is -2.08. The van der Waals surface area contributed by atoms with E-state index in [1.807, 2.05) is 0 Å². The van der Waals surface area contributed by atoms with Crippen LogP contribution in [0.2, 0.25) is 0 Å². The molecule has 0 saturated heterocycles. The van der Waals surface area contributed by atoms with Gasteiger partial charge in [-0.2, -0.15) is 0 Å². The zero-order chi connectivity index (χ0) is 11.3. The van der Waals surface area contributed by atoms with Crippen molar-refractivity contribution < 1.29 is 4.79 Å². The molecule has 0 aliphatic carbocycles. The minimum Gasteiger partial charge on any atom is -0.397 e. The lowest BCUT2D eigenvalue weighted by Crippen LogP contribution is -2.18. The molecule has 0 spiro atoms. The van der Waals surface area contributed by atoms with Crippen LogP contribution in [-0.4, -0.2) is 19.5 Å². The predicted molar refractivity (Wildman–Crippen MR) is 62.9 cm³/mol. The standard InChI is InChI=1S/C11H15N3O/c1-3-6-14-10-5-4-8(7-9(10)12)11(15)13-2/h3-5,7,14H,1,6,12H2,2H3,(H,13,15). The predicted octanol–water partition coefficient (Wildman–Crippen LogP) is 1.23. The molecule has 0 bridgehead atoms. The van der Waals surface area contributed by atoms with Crippen LogP contribution in [-0.2, 0) is 0 Å². The van der Waals surface area contributed by atoms with E-state index in [2.05, 4.69) is 17.2 Å². The minimum atomic E-state index is -0.142. The molecule has 0 aliphatic rings. The number of carbonyl (C=O) groups is 1. The number of carbonyl (C=O) groups excluding carboxylic acids is 1. The van der Waals surface area contributed by atoms with Gasteiger partial charge in [0.15, 0.2) is 0 Å². The second-order valence-electron chi connectivity index (χ2n) is 3.05. The third kappa shape index (κ3) is 2.74. The lowest BCUT2D eigenvalue weighted by molar-refractivity contribution is 0.0963. The van der Waals surface area contributed by atoms with Gasteiger partial charge < -0.3 is 16.4 Å². The molecule has 0 heterocycles. The van der Waals surface area contributed by atoms with Gasteiger partial charge in [0.25, 0.3) is 5.91 Å². The summed E-state index contributed by atoms with van der Waals surface area (Å²) in [5, 5.41) is 5.61. The van der Waals surface area contributed by atoms with Crippen LogP contribution in [0.25, 0.3) is 0 Å². The zero-order valence-electron chi connectivity index (χ0n) is 8.71. The van der Waals surface area contributed by atoms with Crippen molar-refractivity contribution in [3.8, 4) is 0 Å².